The minimum Gasteiger partial charge on any atom is -0.490 e. The van der Waals surface area contributed by atoms with Crippen LogP contribution in [0, 0.1) is 0 Å². The van der Waals surface area contributed by atoms with Gasteiger partial charge in [-0.05, 0) is 55.5 Å². The first-order chi connectivity index (χ1) is 13.3. The van der Waals surface area contributed by atoms with Crippen molar-refractivity contribution >= 4 is 11.6 Å². The Bertz CT molecular complexity index is 833. The number of nitrogens with zero attached hydrogens (tertiary/aromatic N) is 1. The largest absolute Gasteiger partial charge is 0.490 e. The maximum atomic E-state index is 12.8. The average molecular weight is 361 g/mol. The number of para-hydroxylation sites is 2. The maximum absolute atomic E-state index is 12.8. The van der Waals surface area contributed by atoms with Gasteiger partial charge in [-0.1, -0.05) is 36.4 Å². The Morgan fingerprint density at radius 2 is 1.26 bits per heavy atom. The van der Waals surface area contributed by atoms with Gasteiger partial charge in [-0.25, -0.2) is 0 Å². The van der Waals surface area contributed by atoms with Crippen LogP contribution in [-0.4, -0.2) is 25.7 Å². The predicted octanol–water partition coefficient (Wildman–Crippen LogP) is 4.81. The van der Waals surface area contributed by atoms with E-state index in [4.69, 9.17) is 9.47 Å². The molecule has 27 heavy (non-hydrogen) atoms. The normalized spacial score (nSPS) is 10.3. The number of carbonyl (C=O) groups excluding carboxylic acids is 1. The maximum Gasteiger partial charge on any atom is 0.258 e. The SMILES string of the molecule is CCN(C(=O)c1ccc(OCCOc2ccccc2)cc1)c1ccccc1. The van der Waals surface area contributed by atoms with Crippen LogP contribution in [0.5, 0.6) is 11.5 Å². The fourth-order valence-electron chi connectivity index (χ4n) is 2.74. The third-order valence-corrected chi connectivity index (χ3v) is 4.09. The summed E-state index contributed by atoms with van der Waals surface area (Å²) in [5.74, 6) is 1.51. The molecule has 0 saturated carbocycles. The van der Waals surface area contributed by atoms with Gasteiger partial charge >= 0.3 is 0 Å². The van der Waals surface area contributed by atoms with Gasteiger partial charge in [-0.15, -0.1) is 0 Å². The van der Waals surface area contributed by atoms with Gasteiger partial charge in [0, 0.05) is 17.8 Å². The molecule has 3 aromatic carbocycles. The first kappa shape index (κ1) is 18.5. The highest BCUT2D eigenvalue weighted by atomic mass is 16.5. The molecular formula is C23H23NO3. The molecular weight excluding hydrogens is 338 g/mol. The van der Waals surface area contributed by atoms with Crippen molar-refractivity contribution in [2.45, 2.75) is 6.92 Å². The number of anilines is 1. The highest BCUT2D eigenvalue weighted by Gasteiger charge is 2.15. The van der Waals surface area contributed by atoms with E-state index in [9.17, 15) is 4.79 Å². The molecule has 138 valence electrons. The summed E-state index contributed by atoms with van der Waals surface area (Å²) in [6.45, 7) is 3.47. The zero-order valence-corrected chi connectivity index (χ0v) is 15.4. The molecule has 0 aliphatic carbocycles. The van der Waals surface area contributed by atoms with Gasteiger partial charge in [-0.2, -0.15) is 0 Å². The summed E-state index contributed by atoms with van der Waals surface area (Å²) in [6, 6.07) is 26.5. The molecule has 0 N–H and O–H groups in total. The van der Waals surface area contributed by atoms with E-state index in [0.29, 0.717) is 31.1 Å². The Morgan fingerprint density at radius 1 is 0.741 bits per heavy atom. The molecule has 0 unspecified atom stereocenters. The lowest BCUT2D eigenvalue weighted by Crippen LogP contribution is -2.30. The molecule has 3 aromatic rings. The van der Waals surface area contributed by atoms with Gasteiger partial charge in [-0.3, -0.25) is 4.79 Å². The number of rotatable bonds is 8. The first-order valence-corrected chi connectivity index (χ1v) is 9.05. The summed E-state index contributed by atoms with van der Waals surface area (Å²) in [7, 11) is 0. The Balaban J connectivity index is 1.54. The van der Waals surface area contributed by atoms with Gasteiger partial charge in [0.2, 0.25) is 0 Å². The van der Waals surface area contributed by atoms with Crippen LogP contribution in [0.25, 0.3) is 0 Å². The van der Waals surface area contributed by atoms with Crippen molar-refractivity contribution in [3.8, 4) is 11.5 Å². The van der Waals surface area contributed by atoms with Gasteiger partial charge < -0.3 is 14.4 Å². The van der Waals surface area contributed by atoms with Crippen LogP contribution in [0.3, 0.4) is 0 Å². The van der Waals surface area contributed by atoms with Crippen molar-refractivity contribution in [1.82, 2.24) is 0 Å². The van der Waals surface area contributed by atoms with Gasteiger partial charge in [0.1, 0.15) is 24.7 Å². The van der Waals surface area contributed by atoms with Crippen molar-refractivity contribution < 1.29 is 14.3 Å². The second kappa shape index (κ2) is 9.43. The van der Waals surface area contributed by atoms with Crippen molar-refractivity contribution in [3.63, 3.8) is 0 Å². The second-order valence-electron chi connectivity index (χ2n) is 5.92. The minimum atomic E-state index is -0.0253. The van der Waals surface area contributed by atoms with Gasteiger partial charge in [0.15, 0.2) is 0 Å². The molecule has 1 amide bonds. The molecule has 4 nitrogen and oxygen atoms in total. The van der Waals surface area contributed by atoms with E-state index < -0.39 is 0 Å². The smallest absolute Gasteiger partial charge is 0.258 e. The van der Waals surface area contributed by atoms with E-state index in [1.807, 2.05) is 79.7 Å². The monoisotopic (exact) mass is 361 g/mol. The van der Waals surface area contributed by atoms with Gasteiger partial charge in [0.25, 0.3) is 5.91 Å². The molecule has 3 rings (SSSR count). The highest BCUT2D eigenvalue weighted by Crippen LogP contribution is 2.19. The van der Waals surface area contributed by atoms with E-state index >= 15 is 0 Å². The van der Waals surface area contributed by atoms with E-state index in [-0.39, 0.29) is 5.91 Å². The van der Waals surface area contributed by atoms with Crippen LogP contribution in [0.15, 0.2) is 84.9 Å². The lowest BCUT2D eigenvalue weighted by Gasteiger charge is -2.21. The lowest BCUT2D eigenvalue weighted by atomic mass is 10.1. The molecule has 4 heteroatoms. The molecule has 0 fully saturated rings. The van der Waals surface area contributed by atoms with Crippen LogP contribution in [-0.2, 0) is 0 Å². The molecule has 0 spiro atoms. The van der Waals surface area contributed by atoms with Crippen molar-refractivity contribution in [3.05, 3.63) is 90.5 Å². The fraction of sp³-hybridized carbons (Fsp3) is 0.174. The molecule has 0 bridgehead atoms. The molecule has 0 aromatic heterocycles. The van der Waals surface area contributed by atoms with E-state index in [1.165, 1.54) is 0 Å². The summed E-state index contributed by atoms with van der Waals surface area (Å²) >= 11 is 0. The second-order valence-corrected chi connectivity index (χ2v) is 5.92. The van der Waals surface area contributed by atoms with E-state index in [2.05, 4.69) is 0 Å². The summed E-state index contributed by atoms with van der Waals surface area (Å²) in [6.07, 6.45) is 0. The molecule has 0 radical (unpaired) electrons. The Kier molecular flexibility index (Phi) is 6.47. The van der Waals surface area contributed by atoms with Crippen molar-refractivity contribution in [2.24, 2.45) is 0 Å². The van der Waals surface area contributed by atoms with Crippen LogP contribution >= 0.6 is 0 Å². The number of amides is 1. The first-order valence-electron chi connectivity index (χ1n) is 9.05. The molecule has 0 aliphatic rings. The fourth-order valence-corrected chi connectivity index (χ4v) is 2.74. The third kappa shape index (κ3) is 5.11. The molecule has 0 aliphatic heterocycles. The van der Waals surface area contributed by atoms with Crippen LogP contribution < -0.4 is 14.4 Å². The lowest BCUT2D eigenvalue weighted by molar-refractivity contribution is 0.0988. The zero-order valence-electron chi connectivity index (χ0n) is 15.4. The molecule has 0 atom stereocenters. The summed E-state index contributed by atoms with van der Waals surface area (Å²) < 4.78 is 11.3. The van der Waals surface area contributed by atoms with Crippen molar-refractivity contribution in [1.29, 1.82) is 0 Å². The molecule has 0 saturated heterocycles. The zero-order chi connectivity index (χ0) is 18.9. The number of ether oxygens (including phenoxy) is 2. The number of benzene rings is 3. The van der Waals surface area contributed by atoms with Gasteiger partial charge in [0.05, 0.1) is 0 Å². The van der Waals surface area contributed by atoms with E-state index in [1.54, 1.807) is 17.0 Å². The third-order valence-electron chi connectivity index (χ3n) is 4.09. The quantitative estimate of drug-likeness (QED) is 0.541. The summed E-state index contributed by atoms with van der Waals surface area (Å²) in [5, 5.41) is 0. The Labute approximate surface area is 160 Å². The topological polar surface area (TPSA) is 38.8 Å². The predicted molar refractivity (Wildman–Crippen MR) is 108 cm³/mol. The Morgan fingerprint density at radius 3 is 1.81 bits per heavy atom. The molecule has 0 heterocycles. The summed E-state index contributed by atoms with van der Waals surface area (Å²) in [5.41, 5.74) is 1.52. The van der Waals surface area contributed by atoms with Crippen LogP contribution in [0.1, 0.15) is 17.3 Å². The minimum absolute atomic E-state index is 0.0253. The van der Waals surface area contributed by atoms with Crippen LogP contribution in [0.2, 0.25) is 0 Å². The number of hydrogen-bond acceptors (Lipinski definition) is 3. The summed E-state index contributed by atoms with van der Waals surface area (Å²) in [4.78, 5) is 14.5. The average Bonchev–Trinajstić information content (AvgIpc) is 2.74. The Hall–Kier alpha value is -3.27. The number of carbonyl (C=O) groups is 1. The number of hydrogen-bond donors (Lipinski definition) is 0. The highest BCUT2D eigenvalue weighted by molar-refractivity contribution is 6.06. The van der Waals surface area contributed by atoms with E-state index in [0.717, 1.165) is 11.4 Å². The van der Waals surface area contributed by atoms with Crippen LogP contribution in [0.4, 0.5) is 5.69 Å². The van der Waals surface area contributed by atoms with Crippen molar-refractivity contribution in [2.75, 3.05) is 24.7 Å². The standard InChI is InChI=1S/C23H23NO3/c1-2-24(20-9-5-3-6-10-20)23(25)19-13-15-22(16-14-19)27-18-17-26-21-11-7-4-8-12-21/h3-16H,2,17-18H2,1H3.